The number of hydrogen-bond donors (Lipinski definition) is 2. The van der Waals surface area contributed by atoms with Gasteiger partial charge in [-0.1, -0.05) is 18.5 Å². The third kappa shape index (κ3) is 3.79. The maximum absolute atomic E-state index is 12.7. The molecule has 1 rings (SSSR count). The van der Waals surface area contributed by atoms with Gasteiger partial charge >= 0.3 is 0 Å². The predicted molar refractivity (Wildman–Crippen MR) is 62.9 cm³/mol. The number of benzene rings is 1. The summed E-state index contributed by atoms with van der Waals surface area (Å²) in [7, 11) is 0. The number of amides is 1. The highest BCUT2D eigenvalue weighted by atomic mass is 35.5. The van der Waals surface area contributed by atoms with Crippen molar-refractivity contribution in [3.63, 3.8) is 0 Å². The van der Waals surface area contributed by atoms with Crippen LogP contribution in [0.15, 0.2) is 18.2 Å². The van der Waals surface area contributed by atoms with Gasteiger partial charge in [-0.05, 0) is 24.6 Å². The van der Waals surface area contributed by atoms with Crippen LogP contribution in [-0.2, 0) is 4.79 Å². The first-order valence-corrected chi connectivity index (χ1v) is 5.41. The monoisotopic (exact) mass is 244 g/mol. The molecule has 0 aromatic heterocycles. The van der Waals surface area contributed by atoms with E-state index < -0.39 is 5.82 Å². The lowest BCUT2D eigenvalue weighted by molar-refractivity contribution is -0.116. The van der Waals surface area contributed by atoms with Crippen molar-refractivity contribution in [3.8, 4) is 0 Å². The highest BCUT2D eigenvalue weighted by Crippen LogP contribution is 2.22. The average molecular weight is 245 g/mol. The summed E-state index contributed by atoms with van der Waals surface area (Å²) in [6, 6.07) is 3.64. The topological polar surface area (TPSA) is 55.1 Å². The summed E-state index contributed by atoms with van der Waals surface area (Å²) in [5, 5.41) is 2.76. The average Bonchev–Trinajstić information content (AvgIpc) is 2.22. The number of anilines is 1. The number of carbonyl (C=O) groups is 1. The maximum Gasteiger partial charge on any atom is 0.225 e. The second-order valence-electron chi connectivity index (χ2n) is 3.54. The standard InChI is InChI=1S/C11H14ClFN2O/c1-2-8(14)6-11(16)15-10-4-3-7(13)5-9(10)12/h3-5,8H,2,6,14H2,1H3,(H,15,16). The van der Waals surface area contributed by atoms with E-state index in [0.717, 1.165) is 12.5 Å². The van der Waals surface area contributed by atoms with Crippen molar-refractivity contribution in [1.82, 2.24) is 0 Å². The molecule has 88 valence electrons. The van der Waals surface area contributed by atoms with Gasteiger partial charge < -0.3 is 11.1 Å². The summed E-state index contributed by atoms with van der Waals surface area (Å²) < 4.78 is 12.7. The molecule has 0 fully saturated rings. The summed E-state index contributed by atoms with van der Waals surface area (Å²) in [6.07, 6.45) is 0.953. The molecule has 1 atom stereocenters. The first kappa shape index (κ1) is 12.9. The fraction of sp³-hybridized carbons (Fsp3) is 0.364. The van der Waals surface area contributed by atoms with E-state index in [9.17, 15) is 9.18 Å². The van der Waals surface area contributed by atoms with Crippen LogP contribution >= 0.6 is 11.6 Å². The van der Waals surface area contributed by atoms with Gasteiger partial charge in [0.25, 0.3) is 0 Å². The molecule has 0 aliphatic rings. The fourth-order valence-electron chi connectivity index (χ4n) is 1.17. The Morgan fingerprint density at radius 3 is 2.88 bits per heavy atom. The van der Waals surface area contributed by atoms with Crippen molar-refractivity contribution in [2.45, 2.75) is 25.8 Å². The maximum atomic E-state index is 12.7. The number of halogens is 2. The van der Waals surface area contributed by atoms with Crippen LogP contribution < -0.4 is 11.1 Å². The van der Waals surface area contributed by atoms with Gasteiger partial charge in [-0.2, -0.15) is 0 Å². The zero-order valence-corrected chi connectivity index (χ0v) is 9.72. The molecular formula is C11H14ClFN2O. The van der Waals surface area contributed by atoms with E-state index in [0.29, 0.717) is 5.69 Å². The van der Waals surface area contributed by atoms with Gasteiger partial charge in [0.1, 0.15) is 5.82 Å². The highest BCUT2D eigenvalue weighted by molar-refractivity contribution is 6.33. The van der Waals surface area contributed by atoms with Crippen molar-refractivity contribution >= 4 is 23.2 Å². The molecule has 0 saturated heterocycles. The normalized spacial score (nSPS) is 12.2. The number of nitrogens with one attached hydrogen (secondary N) is 1. The van der Waals surface area contributed by atoms with Crippen LogP contribution in [0.25, 0.3) is 0 Å². The van der Waals surface area contributed by atoms with Crippen LogP contribution in [0.2, 0.25) is 5.02 Å². The number of hydrogen-bond acceptors (Lipinski definition) is 2. The Kier molecular flexibility index (Phi) is 4.71. The van der Waals surface area contributed by atoms with E-state index >= 15 is 0 Å². The van der Waals surface area contributed by atoms with Crippen LogP contribution in [0, 0.1) is 5.82 Å². The molecule has 1 aromatic rings. The van der Waals surface area contributed by atoms with E-state index in [2.05, 4.69) is 5.32 Å². The molecule has 0 spiro atoms. The van der Waals surface area contributed by atoms with Crippen molar-refractivity contribution < 1.29 is 9.18 Å². The number of nitrogens with two attached hydrogens (primary N) is 1. The fourth-order valence-corrected chi connectivity index (χ4v) is 1.39. The highest BCUT2D eigenvalue weighted by Gasteiger charge is 2.09. The molecular weight excluding hydrogens is 231 g/mol. The second kappa shape index (κ2) is 5.82. The van der Waals surface area contributed by atoms with E-state index in [4.69, 9.17) is 17.3 Å². The molecule has 1 aromatic carbocycles. The molecule has 5 heteroatoms. The Bertz CT molecular complexity index is 384. The van der Waals surface area contributed by atoms with E-state index in [1.165, 1.54) is 12.1 Å². The molecule has 0 aliphatic carbocycles. The van der Waals surface area contributed by atoms with Crippen LogP contribution in [0.1, 0.15) is 19.8 Å². The van der Waals surface area contributed by atoms with Crippen molar-refractivity contribution in [2.75, 3.05) is 5.32 Å². The second-order valence-corrected chi connectivity index (χ2v) is 3.95. The summed E-state index contributed by atoms with van der Waals surface area (Å²) >= 11 is 5.76. The number of carbonyl (C=O) groups excluding carboxylic acids is 1. The minimum absolute atomic E-state index is 0.167. The molecule has 0 heterocycles. The van der Waals surface area contributed by atoms with Crippen LogP contribution in [0.5, 0.6) is 0 Å². The summed E-state index contributed by atoms with van der Waals surface area (Å²) in [6.45, 7) is 1.91. The van der Waals surface area contributed by atoms with Gasteiger partial charge in [0.2, 0.25) is 5.91 Å². The van der Waals surface area contributed by atoms with Crippen LogP contribution in [0.3, 0.4) is 0 Å². The molecule has 0 radical (unpaired) electrons. The van der Waals surface area contributed by atoms with Crippen LogP contribution in [-0.4, -0.2) is 11.9 Å². The molecule has 0 saturated carbocycles. The number of rotatable bonds is 4. The van der Waals surface area contributed by atoms with Crippen molar-refractivity contribution in [1.29, 1.82) is 0 Å². The third-order valence-corrected chi connectivity index (χ3v) is 2.49. The Labute approximate surface area is 98.8 Å². The van der Waals surface area contributed by atoms with Gasteiger partial charge in [0.15, 0.2) is 0 Å². The van der Waals surface area contributed by atoms with Gasteiger partial charge in [-0.3, -0.25) is 4.79 Å². The van der Waals surface area contributed by atoms with Gasteiger partial charge in [-0.15, -0.1) is 0 Å². The minimum Gasteiger partial charge on any atom is -0.327 e. The minimum atomic E-state index is -0.437. The molecule has 3 nitrogen and oxygen atoms in total. The smallest absolute Gasteiger partial charge is 0.225 e. The summed E-state index contributed by atoms with van der Waals surface area (Å²) in [4.78, 5) is 11.5. The lowest BCUT2D eigenvalue weighted by atomic mass is 10.1. The Balaban J connectivity index is 2.63. The van der Waals surface area contributed by atoms with Crippen molar-refractivity contribution in [3.05, 3.63) is 29.0 Å². The van der Waals surface area contributed by atoms with Crippen molar-refractivity contribution in [2.24, 2.45) is 5.73 Å². The van der Waals surface area contributed by atoms with E-state index in [1.807, 2.05) is 6.92 Å². The van der Waals surface area contributed by atoms with E-state index in [1.54, 1.807) is 0 Å². The lowest BCUT2D eigenvalue weighted by Crippen LogP contribution is -2.26. The molecule has 16 heavy (non-hydrogen) atoms. The zero-order chi connectivity index (χ0) is 12.1. The SMILES string of the molecule is CCC(N)CC(=O)Nc1ccc(F)cc1Cl. The molecule has 1 amide bonds. The summed E-state index contributed by atoms with van der Waals surface area (Å²) in [5.41, 5.74) is 6.04. The first-order valence-electron chi connectivity index (χ1n) is 5.03. The first-order chi connectivity index (χ1) is 7.52. The Hall–Kier alpha value is -1.13. The Morgan fingerprint density at radius 2 is 2.31 bits per heavy atom. The van der Waals surface area contributed by atoms with E-state index in [-0.39, 0.29) is 23.4 Å². The molecule has 3 N–H and O–H groups in total. The predicted octanol–water partition coefficient (Wildman–Crippen LogP) is 2.54. The molecule has 1 unspecified atom stereocenters. The lowest BCUT2D eigenvalue weighted by Gasteiger charge is -2.10. The largest absolute Gasteiger partial charge is 0.327 e. The van der Waals surface area contributed by atoms with Crippen LogP contribution in [0.4, 0.5) is 10.1 Å². The van der Waals surface area contributed by atoms with Gasteiger partial charge in [0, 0.05) is 12.5 Å². The zero-order valence-electron chi connectivity index (χ0n) is 8.97. The quantitative estimate of drug-likeness (QED) is 0.855. The van der Waals surface area contributed by atoms with Gasteiger partial charge in [0.05, 0.1) is 10.7 Å². The molecule has 0 bridgehead atoms. The Morgan fingerprint density at radius 1 is 1.62 bits per heavy atom. The molecule has 0 aliphatic heterocycles. The summed E-state index contributed by atoms with van der Waals surface area (Å²) in [5.74, 6) is -0.656. The third-order valence-electron chi connectivity index (χ3n) is 2.18. The van der Waals surface area contributed by atoms with Gasteiger partial charge in [-0.25, -0.2) is 4.39 Å².